The molecule has 0 aromatic rings. The first-order chi connectivity index (χ1) is 53.4. The summed E-state index contributed by atoms with van der Waals surface area (Å²) in [6.45, 7) is 30.5. The fourth-order valence-electron chi connectivity index (χ4n) is 16.3. The van der Waals surface area contributed by atoms with Crippen LogP contribution >= 0.6 is 0 Å². The molecule has 0 aromatic carbocycles. The average molecular weight is 1600 g/mol. The van der Waals surface area contributed by atoms with E-state index in [1.807, 2.05) is 104 Å². The number of cyclic esters (lactones) is 6. The Morgan fingerprint density at radius 2 is 0.504 bits per heavy atom. The van der Waals surface area contributed by atoms with Crippen molar-refractivity contribution >= 4 is 71.6 Å². The van der Waals surface area contributed by atoms with Gasteiger partial charge in [0.15, 0.2) is 11.2 Å². The lowest BCUT2D eigenvalue weighted by Gasteiger charge is -2.41. The Morgan fingerprint density at radius 3 is 0.699 bits per heavy atom. The largest absolute Gasteiger partial charge is 0.458 e. The number of carbonyl (C=O) groups is 12. The number of hydrogen-bond acceptors (Lipinski definition) is 26. The minimum atomic E-state index is -0.782. The first-order valence-electron chi connectivity index (χ1n) is 43.1. The van der Waals surface area contributed by atoms with Gasteiger partial charge in [0.05, 0.1) is 60.4 Å². The van der Waals surface area contributed by atoms with E-state index >= 15 is 0 Å². The zero-order valence-electron chi connectivity index (χ0n) is 71.0. The fraction of sp³-hybridized carbons (Fsp3) is 0.862. The highest BCUT2D eigenvalue weighted by Gasteiger charge is 2.57. The lowest BCUT2D eigenvalue weighted by Crippen LogP contribution is -2.49. The molecule has 26 nitrogen and oxygen atoms in total. The van der Waals surface area contributed by atoms with Crippen LogP contribution in [0.25, 0.3) is 0 Å². The van der Waals surface area contributed by atoms with E-state index in [1.54, 1.807) is 0 Å². The molecule has 8 aliphatic heterocycles. The lowest BCUT2D eigenvalue weighted by molar-refractivity contribution is -0.193. The second-order valence-electron chi connectivity index (χ2n) is 35.7. The topological polar surface area (TPSA) is 334 Å². The highest BCUT2D eigenvalue weighted by atomic mass is 16.7. The molecule has 642 valence electrons. The van der Waals surface area contributed by atoms with Gasteiger partial charge in [0.2, 0.25) is 0 Å². The van der Waals surface area contributed by atoms with Gasteiger partial charge in [0.1, 0.15) is 59.0 Å². The van der Waals surface area contributed by atoms with Gasteiger partial charge in [-0.1, -0.05) is 75.2 Å². The Hall–Kier alpha value is -6.44. The molecule has 0 amide bonds. The smallest absolute Gasteiger partial charge is 0.312 e. The summed E-state index contributed by atoms with van der Waals surface area (Å²) < 4.78 is 77.7. The van der Waals surface area contributed by atoms with Crippen LogP contribution in [0, 0.1) is 34.0 Å². The Morgan fingerprint density at radius 1 is 0.310 bits per heavy atom. The number of esters is 12. The SMILES string of the molecule is CCC(C)(C)C(=O)OC1(C2CCC(=O)O2)CCCC1.CCC(C)(C)C(=O)OC1(C2CCC(=O)O2)CCCCC1.CCC(C)(C)C(=O)OC1(C2CCC(=O)O2)CCOC1.CCC(C)C(=O)OC1(C2CCC(=O)O2)CCCC1.CCC(C)C(=O)OC1(C2CCC(=O)O2)CCCCC1.CCC(C)C(=O)OC1(C2CCC(=O)O2)CCOC1. The molecule has 0 spiro atoms. The summed E-state index contributed by atoms with van der Waals surface area (Å²) in [6, 6.07) is 0. The molecule has 0 N–H and O–H groups in total. The standard InChI is InChI=1S/C16H26O4.2C15H24O4.C14H22O5.C14H22O4.C13H20O5/c1-4-15(2,3)14(18)20-16(10-6-5-7-11-16)12-8-9-13(17)19-12;1-4-14(2,3)13(17)19-15(9-5-6-10-15)11-7-8-12(16)18-11;1-3-11(2)14(17)19-15(9-5-4-6-10-15)12-7-8-13(16)18-12;1-4-13(2,3)12(16)19-14(7-8-17-9-14)10-5-6-11(15)18-10;1-3-10(2)13(16)18-14(8-4-5-9-14)11-6-7-12(15)17-11;1-3-9(2)12(15)18-13(6-7-16-8-13)10-4-5-11(14)17-10/h12H,4-11H2,1-3H3;11H,4-10H2,1-3H3;11-12H,3-10H2,1-2H3;10H,4-9H2,1-3H3;10-11H,3-9H2,1-2H3;9-10H,3-8H2,1-2H3. The van der Waals surface area contributed by atoms with Crippen molar-refractivity contribution in [3.05, 3.63) is 0 Å². The van der Waals surface area contributed by atoms with Gasteiger partial charge in [-0.2, -0.15) is 0 Å². The molecular formula is C87H138O26. The maximum Gasteiger partial charge on any atom is 0.312 e. The first-order valence-corrected chi connectivity index (χ1v) is 43.1. The van der Waals surface area contributed by atoms with Crippen LogP contribution in [0.4, 0.5) is 0 Å². The van der Waals surface area contributed by atoms with Crippen molar-refractivity contribution in [2.75, 3.05) is 26.4 Å². The second kappa shape index (κ2) is 41.6. The van der Waals surface area contributed by atoms with Gasteiger partial charge in [-0.25, -0.2) is 0 Å². The summed E-state index contributed by atoms with van der Waals surface area (Å²) >= 11 is 0. The summed E-state index contributed by atoms with van der Waals surface area (Å²) in [5, 5.41) is 0. The number of rotatable bonds is 24. The molecule has 0 radical (unpaired) electrons. The average Bonchev–Trinajstić information content (AvgIpc) is 1.46. The molecule has 26 heteroatoms. The van der Waals surface area contributed by atoms with Gasteiger partial charge in [0.25, 0.3) is 0 Å². The van der Waals surface area contributed by atoms with Crippen molar-refractivity contribution in [3.63, 3.8) is 0 Å². The Kier molecular flexibility index (Phi) is 34.5. The normalized spacial score (nSPS) is 28.7. The number of carbonyl (C=O) groups excluding carboxylic acids is 12. The molecule has 4 saturated carbocycles. The van der Waals surface area contributed by atoms with E-state index in [0.717, 1.165) is 141 Å². The van der Waals surface area contributed by atoms with Crippen LogP contribution < -0.4 is 0 Å². The minimum absolute atomic E-state index is 0.0837. The molecule has 8 heterocycles. The maximum atomic E-state index is 12.4. The van der Waals surface area contributed by atoms with Crippen molar-refractivity contribution < 1.29 is 124 Å². The van der Waals surface area contributed by atoms with Crippen LogP contribution in [0.15, 0.2) is 0 Å². The summed E-state index contributed by atoms with van der Waals surface area (Å²) in [4.78, 5) is 141. The van der Waals surface area contributed by atoms with Crippen LogP contribution in [0.1, 0.15) is 348 Å². The molecule has 11 unspecified atom stereocenters. The van der Waals surface area contributed by atoms with Gasteiger partial charge in [-0.15, -0.1) is 0 Å². The highest BCUT2D eigenvalue weighted by Crippen LogP contribution is 2.47. The Labute approximate surface area is 671 Å². The molecule has 0 bridgehead atoms. The second-order valence-corrected chi connectivity index (χ2v) is 35.7. The number of hydrogen-bond donors (Lipinski definition) is 0. The van der Waals surface area contributed by atoms with E-state index in [-0.39, 0.29) is 126 Å². The predicted octanol–water partition coefficient (Wildman–Crippen LogP) is 15.2. The quantitative estimate of drug-likeness (QED) is 0.0640. The Balaban J connectivity index is 0.000000188. The predicted molar refractivity (Wildman–Crippen MR) is 412 cm³/mol. The molecule has 11 atom stereocenters. The van der Waals surface area contributed by atoms with Crippen molar-refractivity contribution in [1.82, 2.24) is 0 Å². The van der Waals surface area contributed by atoms with Crippen LogP contribution in [0.3, 0.4) is 0 Å². The zero-order chi connectivity index (χ0) is 83.2. The van der Waals surface area contributed by atoms with E-state index in [4.69, 9.17) is 66.3 Å². The molecule has 4 aliphatic carbocycles. The van der Waals surface area contributed by atoms with Gasteiger partial charge in [-0.3, -0.25) is 57.5 Å². The zero-order valence-corrected chi connectivity index (χ0v) is 71.0. The van der Waals surface area contributed by atoms with E-state index in [9.17, 15) is 57.5 Å². The molecule has 0 aromatic heterocycles. The first kappa shape index (κ1) is 93.7. The summed E-state index contributed by atoms with van der Waals surface area (Å²) in [5.74, 6) is -2.50. The van der Waals surface area contributed by atoms with Crippen LogP contribution in [0.5, 0.6) is 0 Å². The minimum Gasteiger partial charge on any atom is -0.458 e. The third-order valence-corrected chi connectivity index (χ3v) is 26.3. The van der Waals surface area contributed by atoms with Crippen LogP contribution in [-0.2, 0) is 124 Å². The third kappa shape index (κ3) is 24.6. The number of ether oxygens (including phenoxy) is 14. The van der Waals surface area contributed by atoms with Crippen LogP contribution in [0.2, 0.25) is 0 Å². The van der Waals surface area contributed by atoms with Crippen molar-refractivity contribution in [3.8, 4) is 0 Å². The molecule has 12 rings (SSSR count). The molecule has 12 aliphatic rings. The third-order valence-electron chi connectivity index (χ3n) is 26.3. The van der Waals surface area contributed by atoms with Crippen molar-refractivity contribution in [2.24, 2.45) is 34.0 Å². The van der Waals surface area contributed by atoms with E-state index in [1.165, 1.54) is 6.42 Å². The van der Waals surface area contributed by atoms with Gasteiger partial charge >= 0.3 is 71.6 Å². The van der Waals surface area contributed by atoms with Gasteiger partial charge in [-0.05, 0) is 221 Å². The molecule has 113 heavy (non-hydrogen) atoms. The molecular weight excluding hydrogens is 1460 g/mol. The maximum absolute atomic E-state index is 12.4. The van der Waals surface area contributed by atoms with Crippen molar-refractivity contribution in [1.29, 1.82) is 0 Å². The van der Waals surface area contributed by atoms with Crippen molar-refractivity contribution in [2.45, 2.75) is 418 Å². The fourth-order valence-corrected chi connectivity index (χ4v) is 16.3. The van der Waals surface area contributed by atoms with E-state index in [2.05, 4.69) is 0 Å². The lowest BCUT2D eigenvalue weighted by atomic mass is 9.79. The summed E-state index contributed by atoms with van der Waals surface area (Å²) in [6.07, 6.45) is 27.8. The summed E-state index contributed by atoms with van der Waals surface area (Å²) in [7, 11) is 0. The highest BCUT2D eigenvalue weighted by molar-refractivity contribution is 5.80. The van der Waals surface area contributed by atoms with E-state index < -0.39 is 49.9 Å². The molecule has 8 saturated heterocycles. The molecule has 12 fully saturated rings. The summed E-state index contributed by atoms with van der Waals surface area (Å²) in [5.41, 5.74) is -5.24. The monoisotopic (exact) mass is 1600 g/mol. The van der Waals surface area contributed by atoms with Gasteiger partial charge in [0, 0.05) is 51.4 Å². The van der Waals surface area contributed by atoms with E-state index in [0.29, 0.717) is 123 Å². The van der Waals surface area contributed by atoms with Gasteiger partial charge < -0.3 is 66.3 Å². The van der Waals surface area contributed by atoms with Crippen LogP contribution in [-0.4, -0.2) is 168 Å². The Bertz CT molecular complexity index is 3060.